The first-order valence-corrected chi connectivity index (χ1v) is 5.45. The highest BCUT2D eigenvalue weighted by Gasteiger charge is 2.12. The van der Waals surface area contributed by atoms with Crippen LogP contribution in [0.4, 0.5) is 5.82 Å². The van der Waals surface area contributed by atoms with Gasteiger partial charge in [-0.15, -0.1) is 5.10 Å². The Morgan fingerprint density at radius 1 is 1.44 bits per heavy atom. The van der Waals surface area contributed by atoms with Crippen molar-refractivity contribution in [2.45, 2.75) is 13.3 Å². The van der Waals surface area contributed by atoms with Gasteiger partial charge in [0.05, 0.1) is 5.92 Å². The Kier molecular flexibility index (Phi) is 4.24. The quantitative estimate of drug-likeness (QED) is 0.700. The molecule has 0 amide bonds. The molecule has 0 saturated carbocycles. The molecule has 0 fully saturated rings. The van der Waals surface area contributed by atoms with Gasteiger partial charge in [-0.2, -0.15) is 0 Å². The molecule has 0 bridgehead atoms. The summed E-state index contributed by atoms with van der Waals surface area (Å²) in [5.74, 6) is -1.36. The van der Waals surface area contributed by atoms with Gasteiger partial charge in [-0.05, 0) is 6.42 Å². The minimum absolute atomic E-state index is 0.0391. The molecule has 0 aliphatic heterocycles. The van der Waals surface area contributed by atoms with Crippen molar-refractivity contribution >= 4 is 11.8 Å². The lowest BCUT2D eigenvalue weighted by Gasteiger charge is -2.09. The van der Waals surface area contributed by atoms with Gasteiger partial charge >= 0.3 is 11.7 Å². The Morgan fingerprint density at radius 2 is 2.06 bits per heavy atom. The average Bonchev–Trinajstić information content (AvgIpc) is 2.32. The third kappa shape index (κ3) is 2.96. The summed E-state index contributed by atoms with van der Waals surface area (Å²) in [5.41, 5.74) is -1.04. The van der Waals surface area contributed by atoms with Crippen molar-refractivity contribution in [2.75, 3.05) is 11.9 Å². The number of aryl methyl sites for hydroxylation is 1. The second-order valence-electron chi connectivity index (χ2n) is 4.07. The van der Waals surface area contributed by atoms with Gasteiger partial charge in [0.1, 0.15) is 0 Å². The fourth-order valence-electron chi connectivity index (χ4n) is 1.34. The Morgan fingerprint density at radius 3 is 2.61 bits per heavy atom. The molecule has 1 unspecified atom stereocenters. The lowest BCUT2D eigenvalue weighted by Crippen LogP contribution is -2.40. The van der Waals surface area contributed by atoms with Gasteiger partial charge in [0.25, 0.3) is 5.56 Å². The van der Waals surface area contributed by atoms with Crippen molar-refractivity contribution in [2.24, 2.45) is 20.0 Å². The van der Waals surface area contributed by atoms with Crippen molar-refractivity contribution in [1.82, 2.24) is 14.3 Å². The van der Waals surface area contributed by atoms with Crippen LogP contribution in [-0.2, 0) is 18.9 Å². The maximum absolute atomic E-state index is 11.7. The standard InChI is InChI=1S/C10H16N4O4/c1-6(9(16)17)4-5-11-7-8(15)13(2)10(18)14(3)12-7/h6H,4-5H2,1-3H3,(H,11,12)(H,16,17). The largest absolute Gasteiger partial charge is 0.481 e. The van der Waals surface area contributed by atoms with E-state index >= 15 is 0 Å². The fourth-order valence-corrected chi connectivity index (χ4v) is 1.34. The smallest absolute Gasteiger partial charge is 0.346 e. The highest BCUT2D eigenvalue weighted by molar-refractivity contribution is 5.69. The van der Waals surface area contributed by atoms with E-state index in [4.69, 9.17) is 5.11 Å². The minimum Gasteiger partial charge on any atom is -0.481 e. The van der Waals surface area contributed by atoms with Gasteiger partial charge in [0, 0.05) is 20.6 Å². The molecule has 8 nitrogen and oxygen atoms in total. The molecule has 8 heteroatoms. The zero-order valence-electron chi connectivity index (χ0n) is 10.5. The topological polar surface area (TPSA) is 106 Å². The van der Waals surface area contributed by atoms with Crippen LogP contribution in [0.5, 0.6) is 0 Å². The minimum atomic E-state index is -0.891. The molecule has 1 aromatic heterocycles. The first-order valence-electron chi connectivity index (χ1n) is 5.45. The number of aromatic nitrogens is 3. The van der Waals surface area contributed by atoms with Crippen LogP contribution in [0.15, 0.2) is 9.59 Å². The van der Waals surface area contributed by atoms with Crippen LogP contribution in [0.3, 0.4) is 0 Å². The molecule has 1 aromatic rings. The van der Waals surface area contributed by atoms with E-state index in [1.807, 2.05) is 0 Å². The monoisotopic (exact) mass is 256 g/mol. The molecular formula is C10H16N4O4. The summed E-state index contributed by atoms with van der Waals surface area (Å²) >= 11 is 0. The summed E-state index contributed by atoms with van der Waals surface area (Å²) in [5, 5.41) is 15.2. The van der Waals surface area contributed by atoms with Gasteiger partial charge in [-0.3, -0.25) is 14.2 Å². The number of aliphatic carboxylic acids is 1. The van der Waals surface area contributed by atoms with Gasteiger partial charge in [-0.25, -0.2) is 9.48 Å². The van der Waals surface area contributed by atoms with Crippen LogP contribution in [0.2, 0.25) is 0 Å². The molecule has 0 spiro atoms. The van der Waals surface area contributed by atoms with E-state index in [-0.39, 0.29) is 5.82 Å². The third-order valence-corrected chi connectivity index (χ3v) is 2.61. The van der Waals surface area contributed by atoms with Crippen molar-refractivity contribution in [3.05, 3.63) is 20.8 Å². The van der Waals surface area contributed by atoms with Crippen molar-refractivity contribution in [3.8, 4) is 0 Å². The van der Waals surface area contributed by atoms with E-state index in [1.54, 1.807) is 6.92 Å². The predicted octanol–water partition coefficient (Wildman–Crippen LogP) is -0.998. The van der Waals surface area contributed by atoms with E-state index in [1.165, 1.54) is 14.1 Å². The second-order valence-corrected chi connectivity index (χ2v) is 4.07. The van der Waals surface area contributed by atoms with E-state index in [2.05, 4.69) is 10.4 Å². The van der Waals surface area contributed by atoms with Crippen LogP contribution in [0, 0.1) is 5.92 Å². The molecular weight excluding hydrogens is 240 g/mol. The van der Waals surface area contributed by atoms with Gasteiger partial charge in [0.2, 0.25) is 5.82 Å². The highest BCUT2D eigenvalue weighted by atomic mass is 16.4. The molecule has 1 rings (SSSR count). The second kappa shape index (κ2) is 5.48. The molecule has 2 N–H and O–H groups in total. The Hall–Kier alpha value is -2.12. The number of carbonyl (C=O) groups is 1. The summed E-state index contributed by atoms with van der Waals surface area (Å²) in [4.78, 5) is 33.6. The van der Waals surface area contributed by atoms with E-state index in [0.29, 0.717) is 13.0 Å². The Bertz CT molecular complexity index is 560. The molecule has 0 aliphatic carbocycles. The maximum Gasteiger partial charge on any atom is 0.346 e. The zero-order valence-corrected chi connectivity index (χ0v) is 10.5. The van der Waals surface area contributed by atoms with Crippen molar-refractivity contribution in [1.29, 1.82) is 0 Å². The maximum atomic E-state index is 11.7. The molecule has 0 aliphatic rings. The summed E-state index contributed by atoms with van der Waals surface area (Å²) in [7, 11) is 2.80. The van der Waals surface area contributed by atoms with Crippen LogP contribution < -0.4 is 16.6 Å². The number of carboxylic acid groups (broad SMARTS) is 1. The van der Waals surface area contributed by atoms with Gasteiger partial charge in [0.15, 0.2) is 0 Å². The summed E-state index contributed by atoms with van der Waals surface area (Å²) in [6, 6.07) is 0. The van der Waals surface area contributed by atoms with Crippen LogP contribution in [-0.4, -0.2) is 32.0 Å². The SMILES string of the molecule is CC(CCNc1nn(C)c(=O)n(C)c1=O)C(=O)O. The number of anilines is 1. The van der Waals surface area contributed by atoms with Crippen molar-refractivity contribution in [3.63, 3.8) is 0 Å². The Balaban J connectivity index is 2.78. The molecule has 1 atom stereocenters. The van der Waals surface area contributed by atoms with Crippen LogP contribution in [0.1, 0.15) is 13.3 Å². The van der Waals surface area contributed by atoms with Crippen LogP contribution >= 0.6 is 0 Å². The molecule has 18 heavy (non-hydrogen) atoms. The number of hydrogen-bond acceptors (Lipinski definition) is 5. The number of nitrogens with one attached hydrogen (secondary N) is 1. The normalized spacial score (nSPS) is 12.2. The van der Waals surface area contributed by atoms with Gasteiger partial charge < -0.3 is 10.4 Å². The lowest BCUT2D eigenvalue weighted by atomic mass is 10.1. The summed E-state index contributed by atoms with van der Waals surface area (Å²) in [6.07, 6.45) is 0.364. The lowest BCUT2D eigenvalue weighted by molar-refractivity contribution is -0.141. The third-order valence-electron chi connectivity index (χ3n) is 2.61. The molecule has 100 valence electrons. The predicted molar refractivity (Wildman–Crippen MR) is 64.6 cm³/mol. The van der Waals surface area contributed by atoms with Crippen molar-refractivity contribution < 1.29 is 9.90 Å². The summed E-state index contributed by atoms with van der Waals surface area (Å²) in [6.45, 7) is 1.88. The first kappa shape index (κ1) is 13.9. The molecule has 0 saturated heterocycles. The Labute approximate surface area is 103 Å². The first-order chi connectivity index (χ1) is 8.34. The summed E-state index contributed by atoms with van der Waals surface area (Å²) < 4.78 is 1.99. The number of rotatable bonds is 5. The van der Waals surface area contributed by atoms with E-state index in [9.17, 15) is 14.4 Å². The van der Waals surface area contributed by atoms with Gasteiger partial charge in [-0.1, -0.05) is 6.92 Å². The zero-order chi connectivity index (χ0) is 13.9. The number of nitrogens with zero attached hydrogens (tertiary/aromatic N) is 3. The average molecular weight is 256 g/mol. The number of carboxylic acids is 1. The van der Waals surface area contributed by atoms with E-state index < -0.39 is 23.1 Å². The number of hydrogen-bond donors (Lipinski definition) is 2. The molecule has 1 heterocycles. The molecule has 0 aromatic carbocycles. The van der Waals surface area contributed by atoms with Crippen LogP contribution in [0.25, 0.3) is 0 Å². The fraction of sp³-hybridized carbons (Fsp3) is 0.600. The highest BCUT2D eigenvalue weighted by Crippen LogP contribution is 2.01. The van der Waals surface area contributed by atoms with E-state index in [0.717, 1.165) is 9.25 Å². The molecule has 0 radical (unpaired) electrons.